The fourth-order valence-corrected chi connectivity index (χ4v) is 4.60. The van der Waals surface area contributed by atoms with Gasteiger partial charge in [0.2, 0.25) is 5.95 Å². The molecule has 0 aliphatic carbocycles. The summed E-state index contributed by atoms with van der Waals surface area (Å²) >= 11 is 5.94. The number of anilines is 1. The van der Waals surface area contributed by atoms with Crippen LogP contribution in [0.4, 0.5) is 10.1 Å². The van der Waals surface area contributed by atoms with Gasteiger partial charge in [-0.05, 0) is 42.0 Å². The average Bonchev–Trinajstić information content (AvgIpc) is 2.73. The number of nitrogens with zero attached hydrogens (tertiary/aromatic N) is 1. The van der Waals surface area contributed by atoms with Crippen molar-refractivity contribution in [1.82, 2.24) is 4.98 Å². The summed E-state index contributed by atoms with van der Waals surface area (Å²) in [7, 11) is -3.05. The van der Waals surface area contributed by atoms with Crippen LogP contribution in [-0.4, -0.2) is 31.6 Å². The van der Waals surface area contributed by atoms with Gasteiger partial charge < -0.3 is 14.6 Å². The first-order chi connectivity index (χ1) is 14.7. The monoisotopic (exact) mass is 464 g/mol. The van der Waals surface area contributed by atoms with E-state index in [0.717, 1.165) is 18.2 Å². The van der Waals surface area contributed by atoms with Gasteiger partial charge in [0.05, 0.1) is 29.1 Å². The molecule has 2 aromatic carbocycles. The Hall–Kier alpha value is -3.37. The van der Waals surface area contributed by atoms with Crippen LogP contribution >= 0.6 is 11.6 Å². The second-order valence-corrected chi connectivity index (χ2v) is 8.59. The number of sulfonamides is 1. The number of aromatic hydroxyl groups is 1. The molecule has 0 unspecified atom stereocenters. The standard InChI is InChI=1S/C20H14ClFN2O6S/c1-29-16-4-2-10-7-14(16)24-31(27,28)17-8-11(6-13(21)19(17)25)20(26)30-9-15-12(10)3-5-18(22)23-15/h2-8,24-25H,9H2,1H3. The number of benzene rings is 2. The highest BCUT2D eigenvalue weighted by molar-refractivity contribution is 7.92. The Morgan fingerprint density at radius 1 is 1.19 bits per heavy atom. The highest BCUT2D eigenvalue weighted by Crippen LogP contribution is 2.37. The molecular formula is C20H14ClFN2O6S. The van der Waals surface area contributed by atoms with Crippen LogP contribution in [0.5, 0.6) is 11.5 Å². The predicted octanol–water partition coefficient (Wildman–Crippen LogP) is 3.73. The van der Waals surface area contributed by atoms with Gasteiger partial charge in [-0.25, -0.2) is 18.2 Å². The molecule has 2 N–H and O–H groups in total. The number of rotatable bonds is 1. The lowest BCUT2D eigenvalue weighted by Gasteiger charge is -2.15. The molecule has 11 heteroatoms. The van der Waals surface area contributed by atoms with Crippen molar-refractivity contribution in [2.24, 2.45) is 0 Å². The molecule has 1 aliphatic heterocycles. The predicted molar refractivity (Wildman–Crippen MR) is 109 cm³/mol. The van der Waals surface area contributed by atoms with Gasteiger partial charge in [0.15, 0.2) is 5.75 Å². The number of hydrogen-bond acceptors (Lipinski definition) is 7. The summed E-state index contributed by atoms with van der Waals surface area (Å²) in [6.45, 7) is -0.388. The number of fused-ring (bicyclic) bond motifs is 6. The van der Waals surface area contributed by atoms with E-state index < -0.39 is 32.6 Å². The smallest absolute Gasteiger partial charge is 0.338 e. The Bertz CT molecular complexity index is 1330. The van der Waals surface area contributed by atoms with Crippen LogP contribution < -0.4 is 9.46 Å². The number of phenols is 1. The highest BCUT2D eigenvalue weighted by atomic mass is 35.5. The van der Waals surface area contributed by atoms with Crippen molar-refractivity contribution in [1.29, 1.82) is 0 Å². The van der Waals surface area contributed by atoms with E-state index in [4.69, 9.17) is 21.1 Å². The molecule has 1 aromatic heterocycles. The number of phenolic OH excluding ortho intramolecular Hbond substituents is 1. The van der Waals surface area contributed by atoms with Gasteiger partial charge in [0.1, 0.15) is 17.3 Å². The molecule has 4 bridgehead atoms. The maximum absolute atomic E-state index is 13.8. The number of ether oxygens (including phenoxy) is 2. The quantitative estimate of drug-likeness (QED) is 0.416. The Morgan fingerprint density at radius 2 is 1.97 bits per heavy atom. The molecule has 0 radical (unpaired) electrons. The number of aromatic nitrogens is 1. The van der Waals surface area contributed by atoms with Crippen LogP contribution in [0.3, 0.4) is 0 Å². The lowest BCUT2D eigenvalue weighted by Crippen LogP contribution is -2.15. The molecule has 0 atom stereocenters. The summed E-state index contributed by atoms with van der Waals surface area (Å²) < 4.78 is 52.6. The minimum absolute atomic E-state index is 0.0442. The van der Waals surface area contributed by atoms with E-state index >= 15 is 0 Å². The minimum atomic E-state index is -4.40. The van der Waals surface area contributed by atoms with Gasteiger partial charge in [0.25, 0.3) is 10.0 Å². The van der Waals surface area contributed by atoms with Crippen molar-refractivity contribution in [2.75, 3.05) is 11.8 Å². The van der Waals surface area contributed by atoms with E-state index in [2.05, 4.69) is 9.71 Å². The van der Waals surface area contributed by atoms with E-state index in [1.54, 1.807) is 6.07 Å². The first-order valence-corrected chi connectivity index (χ1v) is 10.6. The van der Waals surface area contributed by atoms with Gasteiger partial charge in [-0.15, -0.1) is 0 Å². The third kappa shape index (κ3) is 3.87. The molecule has 3 aromatic rings. The molecule has 0 spiro atoms. The van der Waals surface area contributed by atoms with Gasteiger partial charge >= 0.3 is 5.97 Å². The lowest BCUT2D eigenvalue weighted by molar-refractivity contribution is 0.0467. The second kappa shape index (κ2) is 7.71. The normalized spacial score (nSPS) is 14.7. The van der Waals surface area contributed by atoms with Crippen LogP contribution in [0.1, 0.15) is 16.1 Å². The van der Waals surface area contributed by atoms with Crippen LogP contribution in [0, 0.1) is 5.95 Å². The number of methoxy groups -OCH3 is 1. The fourth-order valence-electron chi connectivity index (χ4n) is 3.12. The number of pyridine rings is 1. The van der Waals surface area contributed by atoms with E-state index in [1.807, 2.05) is 0 Å². The molecule has 4 rings (SSSR count). The molecule has 160 valence electrons. The van der Waals surface area contributed by atoms with Crippen molar-refractivity contribution in [3.05, 3.63) is 64.7 Å². The van der Waals surface area contributed by atoms with Gasteiger partial charge in [-0.3, -0.25) is 4.72 Å². The molecule has 8 nitrogen and oxygen atoms in total. The van der Waals surface area contributed by atoms with Crippen LogP contribution in [0.15, 0.2) is 47.4 Å². The SMILES string of the molecule is COc1ccc2cc1NS(=O)(=O)c1cc(cc(Cl)c1O)C(=O)OCc1nc(F)ccc1-2. The average molecular weight is 465 g/mol. The summed E-state index contributed by atoms with van der Waals surface area (Å²) in [6.07, 6.45) is 0. The zero-order valence-corrected chi connectivity index (χ0v) is 17.4. The molecule has 1 aliphatic rings. The summed E-state index contributed by atoms with van der Waals surface area (Å²) in [6, 6.07) is 9.15. The molecule has 2 heterocycles. The first kappa shape index (κ1) is 20.9. The minimum Gasteiger partial charge on any atom is -0.505 e. The van der Waals surface area contributed by atoms with Crippen molar-refractivity contribution in [3.8, 4) is 22.6 Å². The molecule has 0 amide bonds. The van der Waals surface area contributed by atoms with Crippen molar-refractivity contribution < 1.29 is 32.2 Å². The molecule has 31 heavy (non-hydrogen) atoms. The van der Waals surface area contributed by atoms with E-state index in [-0.39, 0.29) is 34.3 Å². The number of hydrogen-bond donors (Lipinski definition) is 2. The number of cyclic esters (lactones) is 1. The molecule has 0 saturated heterocycles. The maximum atomic E-state index is 13.8. The largest absolute Gasteiger partial charge is 0.505 e. The zero-order chi connectivity index (χ0) is 22.3. The van der Waals surface area contributed by atoms with Crippen molar-refractivity contribution in [3.63, 3.8) is 0 Å². The van der Waals surface area contributed by atoms with Crippen molar-refractivity contribution >= 4 is 33.3 Å². The van der Waals surface area contributed by atoms with Crippen LogP contribution in [-0.2, 0) is 21.4 Å². The van der Waals surface area contributed by atoms with Crippen molar-refractivity contribution in [2.45, 2.75) is 11.5 Å². The lowest BCUT2D eigenvalue weighted by atomic mass is 10.0. The number of carbonyl (C=O) groups is 1. The fraction of sp³-hybridized carbons (Fsp3) is 0.100. The van der Waals surface area contributed by atoms with Gasteiger partial charge in [-0.1, -0.05) is 17.7 Å². The summed E-state index contributed by atoms with van der Waals surface area (Å²) in [4.78, 5) is 15.7. The first-order valence-electron chi connectivity index (χ1n) is 8.76. The highest BCUT2D eigenvalue weighted by Gasteiger charge is 2.26. The second-order valence-electron chi connectivity index (χ2n) is 6.53. The Morgan fingerprint density at radius 3 is 2.71 bits per heavy atom. The Labute approximate surface area is 181 Å². The molecule has 0 saturated carbocycles. The third-order valence-corrected chi connectivity index (χ3v) is 6.26. The molecular weight excluding hydrogens is 451 g/mol. The molecule has 0 fully saturated rings. The Balaban J connectivity index is 2.00. The maximum Gasteiger partial charge on any atom is 0.338 e. The van der Waals surface area contributed by atoms with E-state index in [9.17, 15) is 22.7 Å². The Kier molecular flexibility index (Phi) is 5.19. The summed E-state index contributed by atoms with van der Waals surface area (Å²) in [5.74, 6) is -2.25. The topological polar surface area (TPSA) is 115 Å². The zero-order valence-electron chi connectivity index (χ0n) is 15.8. The van der Waals surface area contributed by atoms with Crippen LogP contribution in [0.2, 0.25) is 5.02 Å². The number of nitrogens with one attached hydrogen (secondary N) is 1. The van der Waals surface area contributed by atoms with E-state index in [1.165, 1.54) is 25.3 Å². The van der Waals surface area contributed by atoms with Gasteiger partial charge in [-0.2, -0.15) is 4.39 Å². The number of esters is 1. The van der Waals surface area contributed by atoms with Gasteiger partial charge in [0, 0.05) is 5.56 Å². The number of halogens is 2. The third-order valence-electron chi connectivity index (χ3n) is 4.59. The van der Waals surface area contributed by atoms with E-state index in [0.29, 0.717) is 11.1 Å². The summed E-state index contributed by atoms with van der Waals surface area (Å²) in [5, 5.41) is 9.86. The van der Waals surface area contributed by atoms with Crippen LogP contribution in [0.25, 0.3) is 11.1 Å². The summed E-state index contributed by atoms with van der Waals surface area (Å²) in [5.41, 5.74) is 0.827. The number of carbonyl (C=O) groups excluding carboxylic acids is 1.